The van der Waals surface area contributed by atoms with E-state index in [0.717, 1.165) is 71.6 Å². The van der Waals surface area contributed by atoms with Crippen molar-refractivity contribution in [3.63, 3.8) is 0 Å². The molecule has 4 aliphatic rings. The highest BCUT2D eigenvalue weighted by Crippen LogP contribution is 2.38. The van der Waals surface area contributed by atoms with E-state index in [1.165, 1.54) is 18.4 Å². The summed E-state index contributed by atoms with van der Waals surface area (Å²) in [6.07, 6.45) is 6.55. The number of benzene rings is 1. The van der Waals surface area contributed by atoms with E-state index in [4.69, 9.17) is 4.74 Å². The average molecular weight is 427 g/mol. The van der Waals surface area contributed by atoms with Crippen LogP contribution in [0.2, 0.25) is 0 Å². The third-order valence-corrected chi connectivity index (χ3v) is 8.29. The van der Waals surface area contributed by atoms with Gasteiger partial charge in [0.15, 0.2) is 0 Å². The summed E-state index contributed by atoms with van der Waals surface area (Å²) in [5.41, 5.74) is 1.59. The summed E-state index contributed by atoms with van der Waals surface area (Å²) in [6, 6.07) is 11.8. The maximum atomic E-state index is 13.7. The molecule has 0 spiro atoms. The monoisotopic (exact) mass is 426 g/mol. The first-order valence-electron chi connectivity index (χ1n) is 12.3. The summed E-state index contributed by atoms with van der Waals surface area (Å²) < 4.78 is 5.57. The summed E-state index contributed by atoms with van der Waals surface area (Å²) in [5, 5.41) is 3.50. The van der Waals surface area contributed by atoms with Gasteiger partial charge in [-0.1, -0.05) is 30.3 Å². The number of amides is 2. The van der Waals surface area contributed by atoms with Gasteiger partial charge in [-0.25, -0.2) is 4.79 Å². The molecular formula is C25H38N4O2. The predicted octanol–water partition coefficient (Wildman–Crippen LogP) is 3.25. The zero-order chi connectivity index (χ0) is 21.3. The number of nitrogens with one attached hydrogen (secondary N) is 1. The highest BCUT2D eigenvalue weighted by molar-refractivity contribution is 5.78. The van der Waals surface area contributed by atoms with Gasteiger partial charge in [0.1, 0.15) is 0 Å². The minimum Gasteiger partial charge on any atom is -0.381 e. The maximum Gasteiger partial charge on any atom is 0.321 e. The standard InChI is InChI=1S/C25H38N4O2/c1-25(11-13-26-14-12-25)27-15-7-22(8-16-27)29-23(20-5-3-2-4-6-20)19-28(24(29)30)21-9-17-31-18-10-21/h2-6,21-23,26H,7-19H2,1H3/t23-/m0/s1. The largest absolute Gasteiger partial charge is 0.381 e. The van der Waals surface area contributed by atoms with Crippen LogP contribution >= 0.6 is 0 Å². The van der Waals surface area contributed by atoms with Gasteiger partial charge < -0.3 is 19.9 Å². The minimum absolute atomic E-state index is 0.169. The van der Waals surface area contributed by atoms with Gasteiger partial charge in [-0.2, -0.15) is 0 Å². The first kappa shape index (κ1) is 21.2. The molecule has 1 atom stereocenters. The quantitative estimate of drug-likeness (QED) is 0.803. The SMILES string of the molecule is CC1(N2CCC(N3C(=O)N(C4CCOCC4)C[C@H]3c3ccccc3)CC2)CCNCC1. The van der Waals surface area contributed by atoms with Gasteiger partial charge in [0.05, 0.1) is 6.04 Å². The molecule has 6 heteroatoms. The van der Waals surface area contributed by atoms with Crippen molar-refractivity contribution in [1.82, 2.24) is 20.0 Å². The lowest BCUT2D eigenvalue weighted by Crippen LogP contribution is -2.57. The highest BCUT2D eigenvalue weighted by Gasteiger charge is 2.46. The van der Waals surface area contributed by atoms with Crippen molar-refractivity contribution in [2.24, 2.45) is 0 Å². The van der Waals surface area contributed by atoms with E-state index in [2.05, 4.69) is 57.3 Å². The number of hydrogen-bond acceptors (Lipinski definition) is 4. The highest BCUT2D eigenvalue weighted by atomic mass is 16.5. The number of carbonyl (C=O) groups excluding carboxylic acids is 1. The lowest BCUT2D eigenvalue weighted by Gasteiger charge is -2.48. The van der Waals surface area contributed by atoms with E-state index in [1.54, 1.807) is 0 Å². The summed E-state index contributed by atoms with van der Waals surface area (Å²) in [7, 11) is 0. The molecule has 1 aromatic rings. The Bertz CT molecular complexity index is 737. The number of ether oxygens (including phenoxy) is 1. The fourth-order valence-corrected chi connectivity index (χ4v) is 6.25. The number of carbonyl (C=O) groups is 1. The molecule has 0 aliphatic carbocycles. The smallest absolute Gasteiger partial charge is 0.321 e. The van der Waals surface area contributed by atoms with Crippen molar-refractivity contribution in [2.45, 2.75) is 69.1 Å². The molecule has 0 aromatic heterocycles. The molecule has 1 aromatic carbocycles. The van der Waals surface area contributed by atoms with Gasteiger partial charge in [0.25, 0.3) is 0 Å². The normalized spacial score (nSPS) is 28.9. The lowest BCUT2D eigenvalue weighted by molar-refractivity contribution is 0.0256. The first-order chi connectivity index (χ1) is 15.2. The molecule has 4 saturated heterocycles. The van der Waals surface area contributed by atoms with Crippen molar-refractivity contribution in [2.75, 3.05) is 45.9 Å². The summed E-state index contributed by atoms with van der Waals surface area (Å²) in [4.78, 5) is 20.9. The van der Waals surface area contributed by atoms with Crippen LogP contribution in [0.15, 0.2) is 30.3 Å². The van der Waals surface area contributed by atoms with E-state index in [1.807, 2.05) is 0 Å². The van der Waals surface area contributed by atoms with Gasteiger partial charge in [-0.05, 0) is 64.1 Å². The Morgan fingerprint density at radius 3 is 2.32 bits per heavy atom. The van der Waals surface area contributed by atoms with Gasteiger partial charge in [0.2, 0.25) is 0 Å². The Labute approximate surface area is 186 Å². The molecule has 31 heavy (non-hydrogen) atoms. The average Bonchev–Trinajstić information content (AvgIpc) is 3.18. The molecule has 4 fully saturated rings. The summed E-state index contributed by atoms with van der Waals surface area (Å²) in [5.74, 6) is 0. The molecule has 4 aliphatic heterocycles. The Kier molecular flexibility index (Phi) is 6.22. The van der Waals surface area contributed by atoms with Gasteiger partial charge in [-0.3, -0.25) is 4.90 Å². The van der Waals surface area contributed by atoms with Crippen LogP contribution in [0.4, 0.5) is 4.79 Å². The van der Waals surface area contributed by atoms with Crippen LogP contribution < -0.4 is 5.32 Å². The van der Waals surface area contributed by atoms with Crippen LogP contribution in [0.5, 0.6) is 0 Å². The Morgan fingerprint density at radius 1 is 0.968 bits per heavy atom. The van der Waals surface area contributed by atoms with Gasteiger partial charge in [-0.15, -0.1) is 0 Å². The van der Waals surface area contributed by atoms with E-state index in [-0.39, 0.29) is 12.1 Å². The predicted molar refractivity (Wildman–Crippen MR) is 122 cm³/mol. The fourth-order valence-electron chi connectivity index (χ4n) is 6.25. The van der Waals surface area contributed by atoms with E-state index < -0.39 is 0 Å². The summed E-state index contributed by atoms with van der Waals surface area (Å²) >= 11 is 0. The topological polar surface area (TPSA) is 48.0 Å². The van der Waals surface area contributed by atoms with E-state index in [0.29, 0.717) is 17.6 Å². The van der Waals surface area contributed by atoms with Crippen LogP contribution in [0, 0.1) is 0 Å². The van der Waals surface area contributed by atoms with Gasteiger partial charge in [0, 0.05) is 50.5 Å². The first-order valence-corrected chi connectivity index (χ1v) is 12.3. The van der Waals surface area contributed by atoms with E-state index in [9.17, 15) is 4.79 Å². The second-order valence-corrected chi connectivity index (χ2v) is 10.1. The van der Waals surface area contributed by atoms with Crippen molar-refractivity contribution in [1.29, 1.82) is 0 Å². The Hall–Kier alpha value is -1.63. The van der Waals surface area contributed by atoms with Crippen molar-refractivity contribution < 1.29 is 9.53 Å². The Balaban J connectivity index is 1.32. The van der Waals surface area contributed by atoms with Crippen molar-refractivity contribution in [3.05, 3.63) is 35.9 Å². The number of likely N-dealkylation sites (tertiary alicyclic amines) is 1. The van der Waals surface area contributed by atoms with Crippen LogP contribution in [-0.2, 0) is 4.74 Å². The third kappa shape index (κ3) is 4.22. The molecule has 0 saturated carbocycles. The molecule has 0 bridgehead atoms. The number of nitrogens with zero attached hydrogens (tertiary/aromatic N) is 3. The minimum atomic E-state index is 0.169. The molecule has 170 valence electrons. The molecule has 4 heterocycles. The second kappa shape index (κ2) is 9.08. The molecule has 1 N–H and O–H groups in total. The fraction of sp³-hybridized carbons (Fsp3) is 0.720. The molecule has 6 nitrogen and oxygen atoms in total. The van der Waals surface area contributed by atoms with Gasteiger partial charge >= 0.3 is 6.03 Å². The van der Waals surface area contributed by atoms with Crippen molar-refractivity contribution >= 4 is 6.03 Å². The van der Waals surface area contributed by atoms with Crippen LogP contribution in [0.3, 0.4) is 0 Å². The van der Waals surface area contributed by atoms with Crippen LogP contribution in [0.25, 0.3) is 0 Å². The molecule has 2 amide bonds. The maximum absolute atomic E-state index is 13.7. The van der Waals surface area contributed by atoms with Crippen molar-refractivity contribution in [3.8, 4) is 0 Å². The molecular weight excluding hydrogens is 388 g/mol. The lowest BCUT2D eigenvalue weighted by atomic mass is 9.86. The summed E-state index contributed by atoms with van der Waals surface area (Å²) in [6.45, 7) is 9.25. The number of rotatable bonds is 4. The zero-order valence-electron chi connectivity index (χ0n) is 19.0. The van der Waals surface area contributed by atoms with Crippen LogP contribution in [0.1, 0.15) is 57.1 Å². The molecule has 0 unspecified atom stereocenters. The number of urea groups is 1. The number of hydrogen-bond donors (Lipinski definition) is 1. The third-order valence-electron chi connectivity index (χ3n) is 8.29. The van der Waals surface area contributed by atoms with E-state index >= 15 is 0 Å². The molecule has 0 radical (unpaired) electrons. The molecule has 5 rings (SSSR count). The van der Waals surface area contributed by atoms with Crippen LogP contribution in [-0.4, -0.2) is 84.3 Å². The number of piperidine rings is 2. The Morgan fingerprint density at radius 2 is 1.65 bits per heavy atom. The zero-order valence-corrected chi connectivity index (χ0v) is 19.0. The second-order valence-electron chi connectivity index (χ2n) is 10.1.